The molecule has 0 aromatic rings. The summed E-state index contributed by atoms with van der Waals surface area (Å²) in [6, 6.07) is 0. The van der Waals surface area contributed by atoms with Gasteiger partial charge in [0.15, 0.2) is 0 Å². The van der Waals surface area contributed by atoms with E-state index in [2.05, 4.69) is 27.0 Å². The second kappa shape index (κ2) is 11.9. The highest BCUT2D eigenvalue weighted by Gasteiger charge is 1.98. The highest BCUT2D eigenvalue weighted by molar-refractivity contribution is 4.97. The van der Waals surface area contributed by atoms with Crippen LogP contribution in [0.15, 0.2) is 24.3 Å². The molecule has 0 aliphatic carbocycles. The van der Waals surface area contributed by atoms with E-state index in [1.165, 1.54) is 49.7 Å². The molecule has 0 saturated carbocycles. The van der Waals surface area contributed by atoms with E-state index < -0.39 is 0 Å². The van der Waals surface area contributed by atoms with Gasteiger partial charge >= 0.3 is 0 Å². The zero-order chi connectivity index (χ0) is 12.9. The van der Waals surface area contributed by atoms with E-state index in [1.807, 2.05) is 0 Å². The van der Waals surface area contributed by atoms with Crippen molar-refractivity contribution in [3.63, 3.8) is 0 Å². The standard InChI is InChI=1S/C16H30O/c1-5-7-9-11-15(3)13-17-14-16(4)12-10-8-6-2/h3-14H2,1-2H3. The predicted octanol–water partition coefficient (Wildman–Crippen LogP) is 5.28. The summed E-state index contributed by atoms with van der Waals surface area (Å²) < 4.78 is 5.62. The first-order valence-corrected chi connectivity index (χ1v) is 7.11. The Balaban J connectivity index is 3.36. The Labute approximate surface area is 108 Å². The first-order chi connectivity index (χ1) is 8.20. The minimum absolute atomic E-state index is 0.705. The Bertz CT molecular complexity index is 184. The third kappa shape index (κ3) is 11.7. The molecule has 0 spiro atoms. The van der Waals surface area contributed by atoms with Crippen molar-refractivity contribution in [1.82, 2.24) is 0 Å². The van der Waals surface area contributed by atoms with E-state index in [9.17, 15) is 0 Å². The molecule has 0 heterocycles. The van der Waals surface area contributed by atoms with Crippen LogP contribution in [0, 0.1) is 0 Å². The van der Waals surface area contributed by atoms with Crippen molar-refractivity contribution in [2.75, 3.05) is 13.2 Å². The maximum absolute atomic E-state index is 5.62. The van der Waals surface area contributed by atoms with E-state index in [0.717, 1.165) is 12.8 Å². The molecule has 0 N–H and O–H groups in total. The summed E-state index contributed by atoms with van der Waals surface area (Å²) in [5.41, 5.74) is 2.44. The predicted molar refractivity (Wildman–Crippen MR) is 77.4 cm³/mol. The molecule has 0 fully saturated rings. The molecule has 17 heavy (non-hydrogen) atoms. The molecule has 1 heteroatoms. The molecule has 0 unspecified atom stereocenters. The van der Waals surface area contributed by atoms with E-state index in [1.54, 1.807) is 0 Å². The van der Waals surface area contributed by atoms with Crippen molar-refractivity contribution in [1.29, 1.82) is 0 Å². The van der Waals surface area contributed by atoms with Gasteiger partial charge in [-0.1, -0.05) is 63.8 Å². The normalized spacial score (nSPS) is 10.5. The lowest BCUT2D eigenvalue weighted by Crippen LogP contribution is -2.01. The van der Waals surface area contributed by atoms with E-state index in [0.29, 0.717) is 13.2 Å². The summed E-state index contributed by atoms with van der Waals surface area (Å²) in [5.74, 6) is 0. The van der Waals surface area contributed by atoms with Gasteiger partial charge < -0.3 is 4.74 Å². The Morgan fingerprint density at radius 3 is 1.53 bits per heavy atom. The van der Waals surface area contributed by atoms with Crippen LogP contribution in [0.5, 0.6) is 0 Å². The van der Waals surface area contributed by atoms with Crippen molar-refractivity contribution in [3.8, 4) is 0 Å². The molecular formula is C16H30O. The summed E-state index contributed by atoms with van der Waals surface area (Å²) in [6.45, 7) is 13.9. The van der Waals surface area contributed by atoms with Gasteiger partial charge in [-0.25, -0.2) is 0 Å². The lowest BCUT2D eigenvalue weighted by atomic mass is 10.1. The minimum Gasteiger partial charge on any atom is -0.373 e. The second-order valence-electron chi connectivity index (χ2n) is 4.91. The number of hydrogen-bond acceptors (Lipinski definition) is 1. The van der Waals surface area contributed by atoms with E-state index in [-0.39, 0.29) is 0 Å². The first-order valence-electron chi connectivity index (χ1n) is 7.11. The molecule has 100 valence electrons. The third-order valence-corrected chi connectivity index (χ3v) is 2.88. The fourth-order valence-corrected chi connectivity index (χ4v) is 1.73. The van der Waals surface area contributed by atoms with Crippen molar-refractivity contribution in [3.05, 3.63) is 24.3 Å². The molecular weight excluding hydrogens is 208 g/mol. The highest BCUT2D eigenvalue weighted by atomic mass is 16.5. The summed E-state index contributed by atoms with van der Waals surface area (Å²) >= 11 is 0. The molecule has 0 aromatic heterocycles. The molecule has 0 aliphatic heterocycles. The SMILES string of the molecule is C=C(CCCCC)COCC(=C)CCCCC. The Morgan fingerprint density at radius 2 is 1.18 bits per heavy atom. The highest BCUT2D eigenvalue weighted by Crippen LogP contribution is 2.10. The summed E-state index contributed by atoms with van der Waals surface area (Å²) in [5, 5.41) is 0. The molecule has 0 aliphatic rings. The van der Waals surface area contributed by atoms with Gasteiger partial charge in [0.2, 0.25) is 0 Å². The molecule has 0 aromatic carbocycles. The van der Waals surface area contributed by atoms with Gasteiger partial charge in [-0.2, -0.15) is 0 Å². The monoisotopic (exact) mass is 238 g/mol. The van der Waals surface area contributed by atoms with Gasteiger partial charge in [0.05, 0.1) is 13.2 Å². The van der Waals surface area contributed by atoms with Gasteiger partial charge in [-0.05, 0) is 25.7 Å². The van der Waals surface area contributed by atoms with Crippen LogP contribution in [0.2, 0.25) is 0 Å². The van der Waals surface area contributed by atoms with Gasteiger partial charge in [-0.3, -0.25) is 0 Å². The maximum Gasteiger partial charge on any atom is 0.0678 e. The average molecular weight is 238 g/mol. The van der Waals surface area contributed by atoms with Crippen LogP contribution in [0.3, 0.4) is 0 Å². The van der Waals surface area contributed by atoms with Crippen LogP contribution < -0.4 is 0 Å². The Morgan fingerprint density at radius 1 is 0.765 bits per heavy atom. The van der Waals surface area contributed by atoms with E-state index in [4.69, 9.17) is 4.74 Å². The zero-order valence-electron chi connectivity index (χ0n) is 11.9. The summed E-state index contributed by atoms with van der Waals surface area (Å²) in [6.07, 6.45) is 9.83. The molecule has 0 saturated heterocycles. The van der Waals surface area contributed by atoms with Crippen LogP contribution in [0.4, 0.5) is 0 Å². The maximum atomic E-state index is 5.62. The van der Waals surface area contributed by atoms with E-state index >= 15 is 0 Å². The third-order valence-electron chi connectivity index (χ3n) is 2.88. The molecule has 0 radical (unpaired) electrons. The topological polar surface area (TPSA) is 9.23 Å². The fraction of sp³-hybridized carbons (Fsp3) is 0.750. The number of ether oxygens (including phenoxy) is 1. The second-order valence-corrected chi connectivity index (χ2v) is 4.91. The average Bonchev–Trinajstić information content (AvgIpc) is 2.30. The lowest BCUT2D eigenvalue weighted by molar-refractivity contribution is 0.175. The quantitative estimate of drug-likeness (QED) is 0.332. The minimum atomic E-state index is 0.705. The Hall–Kier alpha value is -0.560. The molecule has 1 nitrogen and oxygen atoms in total. The van der Waals surface area contributed by atoms with Crippen molar-refractivity contribution < 1.29 is 4.74 Å². The van der Waals surface area contributed by atoms with Gasteiger partial charge in [0.1, 0.15) is 0 Å². The molecule has 0 rings (SSSR count). The number of rotatable bonds is 12. The fourth-order valence-electron chi connectivity index (χ4n) is 1.73. The van der Waals surface area contributed by atoms with Crippen LogP contribution >= 0.6 is 0 Å². The van der Waals surface area contributed by atoms with Crippen LogP contribution in [-0.4, -0.2) is 13.2 Å². The van der Waals surface area contributed by atoms with Crippen molar-refractivity contribution in [2.24, 2.45) is 0 Å². The smallest absolute Gasteiger partial charge is 0.0678 e. The largest absolute Gasteiger partial charge is 0.373 e. The van der Waals surface area contributed by atoms with Crippen LogP contribution in [-0.2, 0) is 4.74 Å². The van der Waals surface area contributed by atoms with Crippen molar-refractivity contribution in [2.45, 2.75) is 65.2 Å². The molecule has 0 atom stereocenters. The first kappa shape index (κ1) is 16.4. The number of unbranched alkanes of at least 4 members (excludes halogenated alkanes) is 4. The summed E-state index contributed by atoms with van der Waals surface area (Å²) in [7, 11) is 0. The van der Waals surface area contributed by atoms with Crippen LogP contribution in [0.1, 0.15) is 65.2 Å². The molecule has 0 amide bonds. The van der Waals surface area contributed by atoms with Crippen molar-refractivity contribution >= 4 is 0 Å². The van der Waals surface area contributed by atoms with Gasteiger partial charge in [0.25, 0.3) is 0 Å². The van der Waals surface area contributed by atoms with Gasteiger partial charge in [0, 0.05) is 0 Å². The summed E-state index contributed by atoms with van der Waals surface area (Å²) in [4.78, 5) is 0. The van der Waals surface area contributed by atoms with Crippen LogP contribution in [0.25, 0.3) is 0 Å². The van der Waals surface area contributed by atoms with Gasteiger partial charge in [-0.15, -0.1) is 0 Å². The molecule has 0 bridgehead atoms. The Kier molecular flexibility index (Phi) is 11.5. The zero-order valence-corrected chi connectivity index (χ0v) is 11.9. The lowest BCUT2D eigenvalue weighted by Gasteiger charge is -2.09. The number of hydrogen-bond donors (Lipinski definition) is 0.